The Morgan fingerprint density at radius 2 is 2.38 bits per heavy atom. The first kappa shape index (κ1) is 5.56. The third kappa shape index (κ3) is 0.816. The summed E-state index contributed by atoms with van der Waals surface area (Å²) in [4.78, 5) is 1.25. The van der Waals surface area contributed by atoms with E-state index in [0.29, 0.717) is 0 Å². The van der Waals surface area contributed by atoms with Gasteiger partial charge < -0.3 is 0 Å². The lowest BCUT2D eigenvalue weighted by Crippen LogP contribution is -2.27. The van der Waals surface area contributed by atoms with Crippen molar-refractivity contribution < 1.29 is 4.57 Å². The van der Waals surface area contributed by atoms with Gasteiger partial charge in [-0.1, -0.05) is 11.3 Å². The minimum absolute atomic E-state index is 0.863. The standard InChI is InChI=1S/C5H8N2S/c1-4-3-7(2)5(6)8-4/h3,6H,1-2H3/p+1. The highest BCUT2D eigenvalue weighted by molar-refractivity contribution is 7.14. The molecule has 2 nitrogen and oxygen atoms in total. The van der Waals surface area contributed by atoms with Gasteiger partial charge in [0.25, 0.3) is 0 Å². The van der Waals surface area contributed by atoms with Gasteiger partial charge in [-0.25, -0.2) is 4.57 Å². The van der Waals surface area contributed by atoms with Gasteiger partial charge in [-0.15, -0.1) is 0 Å². The molecule has 0 radical (unpaired) electrons. The minimum atomic E-state index is 0.863. The SMILES string of the molecule is Cc1c[n+](C)c(N)s1. The van der Waals surface area contributed by atoms with Crippen LogP contribution in [0.4, 0.5) is 5.13 Å². The van der Waals surface area contributed by atoms with E-state index in [-0.39, 0.29) is 0 Å². The summed E-state index contributed by atoms with van der Waals surface area (Å²) in [6.45, 7) is 2.04. The number of anilines is 1. The molecule has 0 fully saturated rings. The second kappa shape index (κ2) is 1.74. The van der Waals surface area contributed by atoms with Crippen molar-refractivity contribution in [2.45, 2.75) is 6.92 Å². The lowest BCUT2D eigenvalue weighted by molar-refractivity contribution is -0.652. The van der Waals surface area contributed by atoms with Gasteiger partial charge in [-0.05, 0) is 6.92 Å². The molecule has 0 amide bonds. The van der Waals surface area contributed by atoms with E-state index in [1.54, 1.807) is 11.3 Å². The van der Waals surface area contributed by atoms with E-state index in [1.165, 1.54) is 4.88 Å². The number of nitrogen functional groups attached to an aromatic ring is 1. The number of aromatic nitrogens is 1. The smallest absolute Gasteiger partial charge is 0.278 e. The molecule has 0 bridgehead atoms. The second-order valence-electron chi connectivity index (χ2n) is 1.79. The van der Waals surface area contributed by atoms with Crippen LogP contribution in [0, 0.1) is 6.92 Å². The first-order chi connectivity index (χ1) is 3.70. The Hall–Kier alpha value is -0.570. The van der Waals surface area contributed by atoms with Crippen LogP contribution >= 0.6 is 11.3 Å². The van der Waals surface area contributed by atoms with Crippen molar-refractivity contribution >= 4 is 16.5 Å². The molecule has 1 heterocycles. The fraction of sp³-hybridized carbons (Fsp3) is 0.400. The maximum absolute atomic E-state index is 5.52. The summed E-state index contributed by atoms with van der Waals surface area (Å²) in [6.07, 6.45) is 2.01. The van der Waals surface area contributed by atoms with Crippen LogP contribution < -0.4 is 10.3 Å². The molecule has 0 aliphatic rings. The van der Waals surface area contributed by atoms with Crippen LogP contribution in [0.3, 0.4) is 0 Å². The highest BCUT2D eigenvalue weighted by Crippen LogP contribution is 2.08. The Labute approximate surface area is 52.6 Å². The molecule has 0 aliphatic heterocycles. The normalized spacial score (nSPS) is 9.75. The Balaban J connectivity index is 3.14. The summed E-state index contributed by atoms with van der Waals surface area (Å²) in [5.74, 6) is 0. The average Bonchev–Trinajstić information content (AvgIpc) is 1.85. The molecule has 8 heavy (non-hydrogen) atoms. The van der Waals surface area contributed by atoms with Gasteiger partial charge in [0.2, 0.25) is 0 Å². The van der Waals surface area contributed by atoms with Gasteiger partial charge in [-0.3, -0.25) is 5.73 Å². The zero-order chi connectivity index (χ0) is 6.15. The van der Waals surface area contributed by atoms with E-state index in [9.17, 15) is 0 Å². The first-order valence-corrected chi connectivity index (χ1v) is 3.23. The molecular weight excluding hydrogens is 120 g/mol. The predicted octanol–water partition coefficient (Wildman–Crippen LogP) is 0.463. The molecule has 0 aromatic carbocycles. The number of nitrogens with zero attached hydrogens (tertiary/aromatic N) is 1. The van der Waals surface area contributed by atoms with Crippen molar-refractivity contribution in [3.8, 4) is 0 Å². The number of aryl methyl sites for hydroxylation is 2. The van der Waals surface area contributed by atoms with Crippen LogP contribution in [-0.2, 0) is 7.05 Å². The van der Waals surface area contributed by atoms with Crippen LogP contribution in [0.25, 0.3) is 0 Å². The Morgan fingerprint density at radius 1 is 1.75 bits per heavy atom. The van der Waals surface area contributed by atoms with E-state index >= 15 is 0 Å². The topological polar surface area (TPSA) is 29.9 Å². The van der Waals surface area contributed by atoms with Gasteiger partial charge in [0.1, 0.15) is 6.20 Å². The summed E-state index contributed by atoms with van der Waals surface area (Å²) >= 11 is 1.61. The third-order valence-electron chi connectivity index (χ3n) is 0.989. The van der Waals surface area contributed by atoms with Gasteiger partial charge in [-0.2, -0.15) is 0 Å². The van der Waals surface area contributed by atoms with Crippen LogP contribution in [0.2, 0.25) is 0 Å². The van der Waals surface area contributed by atoms with Gasteiger partial charge in [0.05, 0.1) is 7.05 Å². The van der Waals surface area contributed by atoms with E-state index in [2.05, 4.69) is 0 Å². The summed E-state index contributed by atoms with van der Waals surface area (Å²) in [7, 11) is 1.94. The molecule has 0 unspecified atom stereocenters. The Bertz CT molecular complexity index is 173. The molecule has 1 aromatic heterocycles. The zero-order valence-electron chi connectivity index (χ0n) is 5.01. The molecule has 0 spiro atoms. The molecule has 0 aliphatic carbocycles. The van der Waals surface area contributed by atoms with Crippen molar-refractivity contribution in [3.63, 3.8) is 0 Å². The largest absolute Gasteiger partial charge is 0.331 e. The third-order valence-corrected chi connectivity index (χ3v) is 1.91. The predicted molar refractivity (Wildman–Crippen MR) is 34.6 cm³/mol. The van der Waals surface area contributed by atoms with Crippen molar-refractivity contribution in [3.05, 3.63) is 11.1 Å². The minimum Gasteiger partial charge on any atom is -0.278 e. The molecule has 0 atom stereocenters. The van der Waals surface area contributed by atoms with Crippen molar-refractivity contribution in [1.82, 2.24) is 0 Å². The van der Waals surface area contributed by atoms with Crippen LogP contribution in [0.15, 0.2) is 6.20 Å². The van der Waals surface area contributed by atoms with Gasteiger partial charge >= 0.3 is 5.13 Å². The lowest BCUT2D eigenvalue weighted by atomic mass is 10.6. The van der Waals surface area contributed by atoms with Crippen molar-refractivity contribution in [1.29, 1.82) is 0 Å². The second-order valence-corrected chi connectivity index (χ2v) is 3.06. The summed E-state index contributed by atoms with van der Waals surface area (Å²) in [6, 6.07) is 0. The molecule has 1 rings (SSSR count). The Morgan fingerprint density at radius 3 is 2.50 bits per heavy atom. The quantitative estimate of drug-likeness (QED) is 0.507. The molecule has 1 aromatic rings. The molecule has 44 valence electrons. The maximum Gasteiger partial charge on any atom is 0.331 e. The van der Waals surface area contributed by atoms with Crippen LogP contribution in [-0.4, -0.2) is 0 Å². The highest BCUT2D eigenvalue weighted by Gasteiger charge is 2.01. The molecule has 3 heteroatoms. The molecule has 0 saturated carbocycles. The fourth-order valence-corrected chi connectivity index (χ4v) is 1.34. The lowest BCUT2D eigenvalue weighted by Gasteiger charge is -1.77. The highest BCUT2D eigenvalue weighted by atomic mass is 32.1. The first-order valence-electron chi connectivity index (χ1n) is 2.41. The number of thiazole rings is 1. The van der Waals surface area contributed by atoms with E-state index in [4.69, 9.17) is 5.73 Å². The van der Waals surface area contributed by atoms with Crippen LogP contribution in [0.5, 0.6) is 0 Å². The number of nitrogens with two attached hydrogens (primary N) is 1. The summed E-state index contributed by atoms with van der Waals surface area (Å²) in [5.41, 5.74) is 5.52. The van der Waals surface area contributed by atoms with E-state index in [1.807, 2.05) is 24.7 Å². The van der Waals surface area contributed by atoms with Gasteiger partial charge in [0, 0.05) is 4.88 Å². The molecule has 2 N–H and O–H groups in total. The van der Waals surface area contributed by atoms with Crippen molar-refractivity contribution in [2.75, 3.05) is 5.73 Å². The fourth-order valence-electron chi connectivity index (χ4n) is 0.600. The zero-order valence-corrected chi connectivity index (χ0v) is 5.83. The van der Waals surface area contributed by atoms with Crippen LogP contribution in [0.1, 0.15) is 4.88 Å². The van der Waals surface area contributed by atoms with Crippen molar-refractivity contribution in [2.24, 2.45) is 7.05 Å². The number of hydrogen-bond donors (Lipinski definition) is 1. The average molecular weight is 129 g/mol. The molecular formula is C5H9N2S+. The molecule has 0 saturated heterocycles. The number of rotatable bonds is 0. The van der Waals surface area contributed by atoms with E-state index < -0.39 is 0 Å². The summed E-state index contributed by atoms with van der Waals surface area (Å²) < 4.78 is 1.92. The monoisotopic (exact) mass is 129 g/mol. The maximum atomic E-state index is 5.52. The number of hydrogen-bond acceptors (Lipinski definition) is 2. The summed E-state index contributed by atoms with van der Waals surface area (Å²) in [5, 5.41) is 0.863. The van der Waals surface area contributed by atoms with Gasteiger partial charge in [0.15, 0.2) is 0 Å². The van der Waals surface area contributed by atoms with E-state index in [0.717, 1.165) is 5.13 Å². The Kier molecular flexibility index (Phi) is 1.21.